The number of carbonyl (C=O) groups is 1. The predicted molar refractivity (Wildman–Crippen MR) is 64.0 cm³/mol. The number of halogens is 1. The maximum atomic E-state index is 11.6. The van der Waals surface area contributed by atoms with Crippen molar-refractivity contribution in [2.75, 3.05) is 6.54 Å². The largest absolute Gasteiger partial charge is 0.351 e. The van der Waals surface area contributed by atoms with Crippen LogP contribution in [0.1, 0.15) is 18.2 Å². The zero-order chi connectivity index (χ0) is 11.3. The van der Waals surface area contributed by atoms with Gasteiger partial charge in [0.2, 0.25) is 5.91 Å². The van der Waals surface area contributed by atoms with E-state index in [1.54, 1.807) is 0 Å². The second-order valence-corrected chi connectivity index (χ2v) is 5.06. The third kappa shape index (κ3) is 3.81. The quantitative estimate of drug-likeness (QED) is 0.835. The number of amides is 1. The standard InChI is InChI=1S/C10H15ClN2OS/c1-2-7(5-12)10(14)13-6-8-3-4-9(11)15-8/h3-4,7H,2,5-6,12H2,1H3,(H,13,14). The molecule has 0 saturated heterocycles. The number of rotatable bonds is 5. The van der Waals surface area contributed by atoms with Gasteiger partial charge in [-0.15, -0.1) is 11.3 Å². The van der Waals surface area contributed by atoms with Crippen LogP contribution in [-0.2, 0) is 11.3 Å². The molecule has 0 aromatic carbocycles. The fourth-order valence-electron chi connectivity index (χ4n) is 1.22. The molecule has 5 heteroatoms. The molecule has 0 aliphatic rings. The van der Waals surface area contributed by atoms with E-state index in [1.165, 1.54) is 11.3 Å². The van der Waals surface area contributed by atoms with Crippen LogP contribution >= 0.6 is 22.9 Å². The third-order valence-electron chi connectivity index (χ3n) is 2.21. The molecule has 1 atom stereocenters. The average molecular weight is 247 g/mol. The van der Waals surface area contributed by atoms with Gasteiger partial charge in [0.25, 0.3) is 0 Å². The summed E-state index contributed by atoms with van der Waals surface area (Å²) < 4.78 is 0.741. The van der Waals surface area contributed by atoms with Crippen molar-refractivity contribution in [3.63, 3.8) is 0 Å². The van der Waals surface area contributed by atoms with Crippen LogP contribution in [0.2, 0.25) is 4.34 Å². The lowest BCUT2D eigenvalue weighted by Crippen LogP contribution is -2.34. The van der Waals surface area contributed by atoms with Crippen molar-refractivity contribution in [2.45, 2.75) is 19.9 Å². The monoisotopic (exact) mass is 246 g/mol. The number of carbonyl (C=O) groups excluding carboxylic acids is 1. The van der Waals surface area contributed by atoms with Gasteiger partial charge in [0.05, 0.1) is 10.9 Å². The second kappa shape index (κ2) is 6.10. The molecule has 1 unspecified atom stereocenters. The van der Waals surface area contributed by atoms with Crippen LogP contribution in [0.25, 0.3) is 0 Å². The Morgan fingerprint density at radius 2 is 2.40 bits per heavy atom. The first kappa shape index (κ1) is 12.5. The Morgan fingerprint density at radius 1 is 1.67 bits per heavy atom. The van der Waals surface area contributed by atoms with Gasteiger partial charge in [0, 0.05) is 17.3 Å². The van der Waals surface area contributed by atoms with E-state index in [-0.39, 0.29) is 11.8 Å². The smallest absolute Gasteiger partial charge is 0.224 e. The zero-order valence-corrected chi connectivity index (χ0v) is 10.2. The molecular weight excluding hydrogens is 232 g/mol. The van der Waals surface area contributed by atoms with Crippen molar-refractivity contribution < 1.29 is 4.79 Å². The molecule has 84 valence electrons. The number of hydrogen-bond acceptors (Lipinski definition) is 3. The molecule has 1 amide bonds. The molecular formula is C10H15ClN2OS. The number of hydrogen-bond donors (Lipinski definition) is 2. The first-order chi connectivity index (χ1) is 7.17. The van der Waals surface area contributed by atoms with Crippen molar-refractivity contribution in [3.05, 3.63) is 21.3 Å². The first-order valence-corrected chi connectivity index (χ1v) is 6.08. The van der Waals surface area contributed by atoms with E-state index < -0.39 is 0 Å². The van der Waals surface area contributed by atoms with Gasteiger partial charge in [-0.2, -0.15) is 0 Å². The predicted octanol–water partition coefficient (Wildman–Crippen LogP) is 2.00. The van der Waals surface area contributed by atoms with Gasteiger partial charge < -0.3 is 11.1 Å². The van der Waals surface area contributed by atoms with E-state index in [0.29, 0.717) is 13.1 Å². The highest BCUT2D eigenvalue weighted by atomic mass is 35.5. The molecule has 3 nitrogen and oxygen atoms in total. The van der Waals surface area contributed by atoms with Crippen LogP contribution in [0.5, 0.6) is 0 Å². The van der Waals surface area contributed by atoms with Gasteiger partial charge in [0.15, 0.2) is 0 Å². The topological polar surface area (TPSA) is 55.1 Å². The molecule has 0 aliphatic heterocycles. The molecule has 1 rings (SSSR count). The summed E-state index contributed by atoms with van der Waals surface area (Å²) in [5.41, 5.74) is 5.48. The van der Waals surface area contributed by atoms with E-state index in [0.717, 1.165) is 15.6 Å². The van der Waals surface area contributed by atoms with Gasteiger partial charge >= 0.3 is 0 Å². The number of thiophene rings is 1. The van der Waals surface area contributed by atoms with Crippen molar-refractivity contribution in [1.29, 1.82) is 0 Å². The normalized spacial score (nSPS) is 12.5. The minimum Gasteiger partial charge on any atom is -0.351 e. The lowest BCUT2D eigenvalue weighted by molar-refractivity contribution is -0.124. The van der Waals surface area contributed by atoms with Crippen molar-refractivity contribution in [1.82, 2.24) is 5.32 Å². The SMILES string of the molecule is CCC(CN)C(=O)NCc1ccc(Cl)s1. The summed E-state index contributed by atoms with van der Waals surface area (Å²) in [7, 11) is 0. The fraction of sp³-hybridized carbons (Fsp3) is 0.500. The Kier molecular flexibility index (Phi) is 5.08. The summed E-state index contributed by atoms with van der Waals surface area (Å²) in [6, 6.07) is 3.74. The van der Waals surface area contributed by atoms with Crippen LogP contribution in [-0.4, -0.2) is 12.5 Å². The maximum Gasteiger partial charge on any atom is 0.224 e. The highest BCUT2D eigenvalue weighted by molar-refractivity contribution is 7.16. The molecule has 0 bridgehead atoms. The maximum absolute atomic E-state index is 11.6. The molecule has 1 aromatic heterocycles. The number of nitrogens with one attached hydrogen (secondary N) is 1. The summed E-state index contributed by atoms with van der Waals surface area (Å²) in [4.78, 5) is 12.6. The van der Waals surface area contributed by atoms with Crippen molar-refractivity contribution >= 4 is 28.8 Å². The van der Waals surface area contributed by atoms with Gasteiger partial charge in [-0.05, 0) is 18.6 Å². The van der Waals surface area contributed by atoms with Crippen LogP contribution in [0.15, 0.2) is 12.1 Å². The van der Waals surface area contributed by atoms with E-state index in [4.69, 9.17) is 17.3 Å². The summed E-state index contributed by atoms with van der Waals surface area (Å²) in [6.07, 6.45) is 0.771. The van der Waals surface area contributed by atoms with E-state index >= 15 is 0 Å². The Balaban J connectivity index is 2.40. The highest BCUT2D eigenvalue weighted by Gasteiger charge is 2.13. The van der Waals surface area contributed by atoms with Gasteiger partial charge in [-0.3, -0.25) is 4.79 Å². The summed E-state index contributed by atoms with van der Waals surface area (Å²) in [6.45, 7) is 2.89. The van der Waals surface area contributed by atoms with Crippen LogP contribution in [0.3, 0.4) is 0 Å². The van der Waals surface area contributed by atoms with Crippen LogP contribution < -0.4 is 11.1 Å². The Bertz CT molecular complexity index is 323. The molecule has 1 aromatic rings. The lowest BCUT2D eigenvalue weighted by atomic mass is 10.1. The third-order valence-corrected chi connectivity index (χ3v) is 3.44. The van der Waals surface area contributed by atoms with E-state index in [1.807, 2.05) is 19.1 Å². The summed E-state index contributed by atoms with van der Waals surface area (Å²) in [5.74, 6) is -0.0649. The van der Waals surface area contributed by atoms with E-state index in [9.17, 15) is 4.79 Å². The van der Waals surface area contributed by atoms with Gasteiger partial charge in [-0.1, -0.05) is 18.5 Å². The van der Waals surface area contributed by atoms with Crippen LogP contribution in [0.4, 0.5) is 0 Å². The molecule has 3 N–H and O–H groups in total. The Hall–Kier alpha value is -0.580. The zero-order valence-electron chi connectivity index (χ0n) is 8.63. The first-order valence-electron chi connectivity index (χ1n) is 4.89. The molecule has 1 heterocycles. The molecule has 15 heavy (non-hydrogen) atoms. The Morgan fingerprint density at radius 3 is 2.87 bits per heavy atom. The lowest BCUT2D eigenvalue weighted by Gasteiger charge is -2.11. The highest BCUT2D eigenvalue weighted by Crippen LogP contribution is 2.21. The summed E-state index contributed by atoms with van der Waals surface area (Å²) >= 11 is 7.25. The molecule has 0 fully saturated rings. The van der Waals surface area contributed by atoms with Gasteiger partial charge in [0.1, 0.15) is 0 Å². The second-order valence-electron chi connectivity index (χ2n) is 3.26. The minimum absolute atomic E-state index is 0.0181. The van der Waals surface area contributed by atoms with Crippen molar-refractivity contribution in [3.8, 4) is 0 Å². The fourth-order valence-corrected chi connectivity index (χ4v) is 2.25. The average Bonchev–Trinajstić information content (AvgIpc) is 2.63. The van der Waals surface area contributed by atoms with E-state index in [2.05, 4.69) is 5.32 Å². The number of nitrogens with two attached hydrogens (primary N) is 1. The molecule has 0 aliphatic carbocycles. The summed E-state index contributed by atoms with van der Waals surface area (Å²) in [5, 5.41) is 2.85. The van der Waals surface area contributed by atoms with Crippen molar-refractivity contribution in [2.24, 2.45) is 11.7 Å². The molecule has 0 radical (unpaired) electrons. The molecule has 0 saturated carbocycles. The van der Waals surface area contributed by atoms with Crippen LogP contribution in [0, 0.1) is 5.92 Å². The Labute approximate surface area is 98.6 Å². The van der Waals surface area contributed by atoms with Gasteiger partial charge in [-0.25, -0.2) is 0 Å². The molecule has 0 spiro atoms. The minimum atomic E-state index is -0.0829.